The van der Waals surface area contributed by atoms with E-state index in [9.17, 15) is 41.1 Å². The van der Waals surface area contributed by atoms with E-state index in [1.807, 2.05) is 0 Å². The summed E-state index contributed by atoms with van der Waals surface area (Å²) < 4.78 is 53.5. The summed E-state index contributed by atoms with van der Waals surface area (Å²) in [6.45, 7) is 1.78. The van der Waals surface area contributed by atoms with E-state index in [1.165, 1.54) is 11.1 Å². The van der Waals surface area contributed by atoms with Crippen molar-refractivity contribution in [1.82, 2.24) is 20.5 Å². The van der Waals surface area contributed by atoms with Crippen molar-refractivity contribution in [3.63, 3.8) is 0 Å². The third-order valence-electron chi connectivity index (χ3n) is 9.17. The normalized spacial score (nSPS) is 21.6. The summed E-state index contributed by atoms with van der Waals surface area (Å²) in [6.07, 6.45) is 5.61. The fourth-order valence-electron chi connectivity index (χ4n) is 5.81. The van der Waals surface area contributed by atoms with Crippen LogP contribution < -0.4 is 16.4 Å². The number of amides is 3. The molecule has 15 nitrogen and oxygen atoms in total. The number of carboxylic acids is 1. The molecular weight excluding hydrogens is 642 g/mol. The molecule has 46 heavy (non-hydrogen) atoms. The number of sulfone groups is 2. The van der Waals surface area contributed by atoms with Crippen molar-refractivity contribution in [1.29, 1.82) is 0 Å². The lowest BCUT2D eigenvalue weighted by Crippen LogP contribution is -2.53. The Balaban J connectivity index is 1.68. The molecule has 2 heterocycles. The maximum absolute atomic E-state index is 13.5. The minimum absolute atomic E-state index is 0.118. The second kappa shape index (κ2) is 14.7. The van der Waals surface area contributed by atoms with Crippen molar-refractivity contribution in [3.8, 4) is 0 Å². The van der Waals surface area contributed by atoms with Gasteiger partial charge >= 0.3 is 5.97 Å². The zero-order valence-corrected chi connectivity index (χ0v) is 28.2. The Labute approximate surface area is 269 Å². The van der Waals surface area contributed by atoms with E-state index in [4.69, 9.17) is 10.5 Å². The van der Waals surface area contributed by atoms with Gasteiger partial charge in [-0.15, -0.1) is 0 Å². The first-order chi connectivity index (χ1) is 21.3. The minimum atomic E-state index is -4.24. The molecule has 258 valence electrons. The van der Waals surface area contributed by atoms with E-state index in [0.717, 1.165) is 38.7 Å². The van der Waals surface area contributed by atoms with Gasteiger partial charge in [0.1, 0.15) is 12.6 Å². The topological polar surface area (TPSA) is 232 Å². The molecule has 4 atom stereocenters. The van der Waals surface area contributed by atoms with Gasteiger partial charge in [-0.1, -0.05) is 32.3 Å². The summed E-state index contributed by atoms with van der Waals surface area (Å²) in [5.74, 6) is -3.13. The third kappa shape index (κ3) is 8.80. The van der Waals surface area contributed by atoms with Crippen LogP contribution >= 0.6 is 0 Å². The fraction of sp³-hybridized carbons (Fsp3) is 0.690. The summed E-state index contributed by atoms with van der Waals surface area (Å²) in [4.78, 5) is 56.3. The number of pyridine rings is 1. The van der Waals surface area contributed by atoms with E-state index in [-0.39, 0.29) is 25.4 Å². The molecule has 2 aliphatic rings. The predicted octanol–water partition coefficient (Wildman–Crippen LogP) is -0.0810. The Hall–Kier alpha value is -3.15. The van der Waals surface area contributed by atoms with Gasteiger partial charge in [0.05, 0.1) is 30.3 Å². The molecule has 1 aliphatic carbocycles. The number of nitrogens with one attached hydrogen (secondary N) is 2. The molecule has 1 aliphatic heterocycles. The van der Waals surface area contributed by atoms with Gasteiger partial charge in [-0.2, -0.15) is 0 Å². The van der Waals surface area contributed by atoms with E-state index in [2.05, 4.69) is 15.6 Å². The number of ether oxygens (including phenoxy) is 1. The van der Waals surface area contributed by atoms with Gasteiger partial charge in [0.15, 0.2) is 23.8 Å². The Kier molecular flexibility index (Phi) is 11.9. The molecule has 0 radical (unpaired) electrons. The van der Waals surface area contributed by atoms with Crippen LogP contribution in [0.2, 0.25) is 0 Å². The van der Waals surface area contributed by atoms with Crippen molar-refractivity contribution >= 4 is 43.4 Å². The van der Waals surface area contributed by atoms with Crippen LogP contribution in [0.1, 0.15) is 70.5 Å². The van der Waals surface area contributed by atoms with Crippen LogP contribution in [-0.4, -0.2) is 110 Å². The highest BCUT2D eigenvalue weighted by Gasteiger charge is 2.50. The average molecular weight is 688 g/mol. The highest BCUT2D eigenvalue weighted by Crippen LogP contribution is 2.36. The molecule has 1 saturated carbocycles. The first-order valence-corrected chi connectivity index (χ1v) is 18.8. The van der Waals surface area contributed by atoms with Crippen molar-refractivity contribution in [3.05, 3.63) is 30.1 Å². The summed E-state index contributed by atoms with van der Waals surface area (Å²) >= 11 is 0. The molecule has 0 bridgehead atoms. The lowest BCUT2D eigenvalue weighted by atomic mass is 9.75. The number of likely N-dealkylation sites (tertiary alicyclic amines) is 1. The molecular formula is C29H45N5O10S2. The SMILES string of the molecule is CC1(C(=O)NC(CNC(=O)COC2CC(C(N)c3ccccn3)N(C(=O)CC(C)(S(C)(=O)=O)S(C)(=O)=O)C2)C(=O)O)CCCCC1. The number of hydrogen-bond acceptors (Lipinski definition) is 11. The van der Waals surface area contributed by atoms with Crippen LogP contribution in [0.3, 0.4) is 0 Å². The van der Waals surface area contributed by atoms with E-state index in [0.29, 0.717) is 18.5 Å². The van der Waals surface area contributed by atoms with Gasteiger partial charge in [0.2, 0.25) is 17.7 Å². The van der Waals surface area contributed by atoms with Crippen molar-refractivity contribution in [2.75, 3.05) is 32.2 Å². The number of carboxylic acid groups (broad SMARTS) is 1. The van der Waals surface area contributed by atoms with Crippen LogP contribution in [0.4, 0.5) is 0 Å². The molecule has 1 aromatic rings. The van der Waals surface area contributed by atoms with Gasteiger partial charge < -0.3 is 31.1 Å². The fourth-order valence-corrected chi connectivity index (χ4v) is 8.78. The maximum atomic E-state index is 13.5. The molecule has 0 aromatic carbocycles. The van der Waals surface area contributed by atoms with Crippen LogP contribution in [-0.2, 0) is 43.6 Å². The first-order valence-electron chi connectivity index (χ1n) is 15.1. The lowest BCUT2D eigenvalue weighted by Gasteiger charge is -2.33. The molecule has 5 N–H and O–H groups in total. The molecule has 17 heteroatoms. The molecule has 3 amide bonds. The number of aliphatic carboxylic acids is 1. The minimum Gasteiger partial charge on any atom is -0.480 e. The smallest absolute Gasteiger partial charge is 0.328 e. The van der Waals surface area contributed by atoms with E-state index in [1.54, 1.807) is 25.1 Å². The number of carbonyl (C=O) groups is 4. The van der Waals surface area contributed by atoms with Gasteiger partial charge in [-0.3, -0.25) is 19.4 Å². The summed E-state index contributed by atoms with van der Waals surface area (Å²) in [5.41, 5.74) is 6.24. The van der Waals surface area contributed by atoms with Gasteiger partial charge in [-0.05, 0) is 38.3 Å². The number of rotatable bonds is 14. The van der Waals surface area contributed by atoms with Crippen molar-refractivity contribution in [2.45, 2.75) is 87.1 Å². The molecule has 1 aromatic heterocycles. The third-order valence-corrected chi connectivity index (χ3v) is 14.4. The maximum Gasteiger partial charge on any atom is 0.328 e. The zero-order chi connectivity index (χ0) is 34.5. The van der Waals surface area contributed by atoms with Gasteiger partial charge in [0, 0.05) is 37.2 Å². The number of carbonyl (C=O) groups excluding carboxylic acids is 3. The van der Waals surface area contributed by atoms with Gasteiger partial charge in [0.25, 0.3) is 0 Å². The standard InChI is InChI=1S/C29H45N5O10S2/c1-28(11-7-5-8-12-28)27(39)33-21(26(37)38)16-32-23(35)18-44-19-14-22(25(30)20-10-6-9-13-31-20)34(17-19)24(36)15-29(2,45(3,40)41)46(4,42)43/h6,9-10,13,19,21-22,25H,5,7-8,11-12,14-18,30H2,1-4H3,(H,32,35)(H,33,39)(H,37,38). The Morgan fingerprint density at radius 1 is 1.13 bits per heavy atom. The van der Waals surface area contributed by atoms with E-state index < -0.39 is 84.2 Å². The Morgan fingerprint density at radius 2 is 1.76 bits per heavy atom. The van der Waals surface area contributed by atoms with Crippen LogP contribution in [0.5, 0.6) is 0 Å². The van der Waals surface area contributed by atoms with Crippen LogP contribution in [0.15, 0.2) is 24.4 Å². The van der Waals surface area contributed by atoms with E-state index >= 15 is 0 Å². The lowest BCUT2D eigenvalue weighted by molar-refractivity contribution is -0.144. The Bertz CT molecular complexity index is 1460. The van der Waals surface area contributed by atoms with Crippen LogP contribution in [0.25, 0.3) is 0 Å². The second-order valence-electron chi connectivity index (χ2n) is 12.7. The summed E-state index contributed by atoms with van der Waals surface area (Å²) in [7, 11) is -8.48. The number of nitrogens with zero attached hydrogens (tertiary/aromatic N) is 2. The van der Waals surface area contributed by atoms with Crippen LogP contribution in [0, 0.1) is 5.41 Å². The monoisotopic (exact) mass is 687 g/mol. The molecule has 4 unspecified atom stereocenters. The summed E-state index contributed by atoms with van der Waals surface area (Å²) in [6, 6.07) is 2.06. The molecule has 3 rings (SSSR count). The quantitative estimate of drug-likeness (QED) is 0.201. The largest absolute Gasteiger partial charge is 0.480 e. The molecule has 0 spiro atoms. The highest BCUT2D eigenvalue weighted by molar-refractivity contribution is 8.09. The zero-order valence-electron chi connectivity index (χ0n) is 26.6. The van der Waals surface area contributed by atoms with Crippen molar-refractivity contribution in [2.24, 2.45) is 11.1 Å². The molecule has 1 saturated heterocycles. The second-order valence-corrected chi connectivity index (χ2v) is 17.9. The van der Waals surface area contributed by atoms with Crippen molar-refractivity contribution < 1.29 is 45.9 Å². The predicted molar refractivity (Wildman–Crippen MR) is 168 cm³/mol. The summed E-state index contributed by atoms with van der Waals surface area (Å²) in [5, 5.41) is 14.6. The number of hydrogen-bond donors (Lipinski definition) is 4. The average Bonchev–Trinajstić information content (AvgIpc) is 3.41. The number of aromatic nitrogens is 1. The Morgan fingerprint density at radius 3 is 2.30 bits per heavy atom. The number of nitrogens with two attached hydrogens (primary N) is 1. The van der Waals surface area contributed by atoms with Gasteiger partial charge in [-0.25, -0.2) is 21.6 Å². The highest BCUT2D eigenvalue weighted by atomic mass is 32.3. The first kappa shape index (κ1) is 37.3. The molecule has 2 fully saturated rings.